The van der Waals surface area contributed by atoms with E-state index in [0.29, 0.717) is 5.69 Å². The van der Waals surface area contributed by atoms with Gasteiger partial charge < -0.3 is 4.90 Å². The Bertz CT molecular complexity index is 1160. The predicted octanol–water partition coefficient (Wildman–Crippen LogP) is 1.69. The molecule has 2 heterocycles. The zero-order valence-corrected chi connectivity index (χ0v) is 19.4. The van der Waals surface area contributed by atoms with E-state index in [9.17, 15) is 22.8 Å². The van der Waals surface area contributed by atoms with E-state index in [1.54, 1.807) is 49.4 Å². The summed E-state index contributed by atoms with van der Waals surface area (Å²) in [5.74, 6) is -0.814. The second kappa shape index (κ2) is 8.95. The lowest BCUT2D eigenvalue weighted by molar-refractivity contribution is -0.137. The largest absolute Gasteiger partial charge is 0.338 e. The summed E-state index contributed by atoms with van der Waals surface area (Å²) in [6.45, 7) is 3.89. The van der Waals surface area contributed by atoms with Gasteiger partial charge in [0.05, 0.1) is 4.90 Å². The van der Waals surface area contributed by atoms with Gasteiger partial charge >= 0.3 is 6.03 Å². The summed E-state index contributed by atoms with van der Waals surface area (Å²) in [6.07, 6.45) is 0. The fourth-order valence-electron chi connectivity index (χ4n) is 4.07. The molecule has 0 aromatic heterocycles. The molecule has 1 atom stereocenters. The van der Waals surface area contributed by atoms with Gasteiger partial charge in [0, 0.05) is 31.9 Å². The number of urea groups is 1. The Hall–Kier alpha value is -3.24. The minimum Gasteiger partial charge on any atom is -0.338 e. The van der Waals surface area contributed by atoms with Crippen molar-refractivity contribution in [1.82, 2.24) is 14.1 Å². The maximum atomic E-state index is 12.9. The van der Waals surface area contributed by atoms with Gasteiger partial charge in [-0.05, 0) is 38.1 Å². The Balaban J connectivity index is 1.39. The molecule has 4 rings (SSSR count). The van der Waals surface area contributed by atoms with E-state index < -0.39 is 28.0 Å². The summed E-state index contributed by atoms with van der Waals surface area (Å²) < 4.78 is 26.9. The smallest absolute Gasteiger partial charge is 0.332 e. The van der Waals surface area contributed by atoms with Gasteiger partial charge in [0.2, 0.25) is 15.9 Å². The molecule has 0 bridgehead atoms. The Morgan fingerprint density at radius 1 is 0.939 bits per heavy atom. The first-order valence-electron chi connectivity index (χ1n) is 10.7. The lowest BCUT2D eigenvalue weighted by atomic mass is 10.2. The predicted molar refractivity (Wildman–Crippen MR) is 122 cm³/mol. The van der Waals surface area contributed by atoms with Gasteiger partial charge in [-0.2, -0.15) is 4.31 Å². The maximum absolute atomic E-state index is 12.9. The first-order chi connectivity index (χ1) is 15.7. The molecule has 174 valence electrons. The van der Waals surface area contributed by atoms with E-state index in [1.165, 1.54) is 14.1 Å². The highest BCUT2D eigenvalue weighted by Crippen LogP contribution is 2.26. The van der Waals surface area contributed by atoms with Crippen LogP contribution in [0.1, 0.15) is 12.5 Å². The van der Waals surface area contributed by atoms with Gasteiger partial charge in [-0.25, -0.2) is 13.2 Å². The van der Waals surface area contributed by atoms with Crippen molar-refractivity contribution >= 4 is 33.6 Å². The molecule has 33 heavy (non-hydrogen) atoms. The zero-order chi connectivity index (χ0) is 23.8. The number of imide groups is 1. The van der Waals surface area contributed by atoms with Crippen LogP contribution in [0.4, 0.5) is 10.5 Å². The van der Waals surface area contributed by atoms with Crippen molar-refractivity contribution in [2.24, 2.45) is 0 Å². The van der Waals surface area contributed by atoms with Crippen LogP contribution in [0.15, 0.2) is 59.5 Å². The van der Waals surface area contributed by atoms with Crippen molar-refractivity contribution in [1.29, 1.82) is 0 Å². The number of carbonyl (C=O) groups is 3. The van der Waals surface area contributed by atoms with Crippen LogP contribution >= 0.6 is 0 Å². The lowest BCUT2D eigenvalue weighted by Gasteiger charge is -2.34. The van der Waals surface area contributed by atoms with Crippen molar-refractivity contribution in [3.05, 3.63) is 60.2 Å². The summed E-state index contributed by atoms with van der Waals surface area (Å²) >= 11 is 0. The monoisotopic (exact) mass is 470 g/mol. The number of anilines is 1. The highest BCUT2D eigenvalue weighted by molar-refractivity contribution is 7.89. The molecule has 9 nitrogen and oxygen atoms in total. The second-order valence-corrected chi connectivity index (χ2v) is 10.1. The summed E-state index contributed by atoms with van der Waals surface area (Å²) in [6, 6.07) is 14.2. The van der Waals surface area contributed by atoms with Gasteiger partial charge in [-0.3, -0.25) is 19.4 Å². The van der Waals surface area contributed by atoms with Gasteiger partial charge in [0.1, 0.15) is 12.6 Å². The molecule has 0 spiro atoms. The molecule has 2 aromatic rings. The second-order valence-electron chi connectivity index (χ2n) is 8.19. The SMILES string of the molecule is Cc1ccc(N2C(=O)N(CC(=O)N3CCN(S(=O)(=O)c4ccccc4)CC3)C(=O)C2C)cc1. The van der Waals surface area contributed by atoms with Crippen LogP contribution in [0.2, 0.25) is 0 Å². The number of hydrogen-bond donors (Lipinski definition) is 0. The maximum Gasteiger partial charge on any atom is 0.332 e. The van der Waals surface area contributed by atoms with Gasteiger partial charge in [0.25, 0.3) is 5.91 Å². The molecule has 0 radical (unpaired) electrons. The summed E-state index contributed by atoms with van der Waals surface area (Å²) in [5.41, 5.74) is 1.63. The fourth-order valence-corrected chi connectivity index (χ4v) is 5.51. The summed E-state index contributed by atoms with van der Waals surface area (Å²) in [7, 11) is -3.63. The molecule has 2 saturated heterocycles. The molecule has 2 aromatic carbocycles. The van der Waals surface area contributed by atoms with E-state index in [0.717, 1.165) is 10.5 Å². The van der Waals surface area contributed by atoms with Crippen LogP contribution in [0.3, 0.4) is 0 Å². The van der Waals surface area contributed by atoms with Crippen molar-refractivity contribution < 1.29 is 22.8 Å². The molecule has 1 unspecified atom stereocenters. The number of benzene rings is 2. The van der Waals surface area contributed by atoms with Crippen LogP contribution in [-0.4, -0.2) is 79.1 Å². The minimum atomic E-state index is -3.63. The van der Waals surface area contributed by atoms with E-state index in [2.05, 4.69) is 0 Å². The summed E-state index contributed by atoms with van der Waals surface area (Å²) in [5, 5.41) is 0. The van der Waals surface area contributed by atoms with Crippen LogP contribution < -0.4 is 4.90 Å². The zero-order valence-electron chi connectivity index (χ0n) is 18.5. The number of amides is 4. The molecule has 2 aliphatic heterocycles. The van der Waals surface area contributed by atoms with Gasteiger partial charge in [0.15, 0.2) is 0 Å². The molecule has 0 aliphatic carbocycles. The van der Waals surface area contributed by atoms with E-state index in [4.69, 9.17) is 0 Å². The first-order valence-corrected chi connectivity index (χ1v) is 12.2. The van der Waals surface area contributed by atoms with Crippen LogP contribution in [0, 0.1) is 6.92 Å². The Kier molecular flexibility index (Phi) is 6.22. The Labute approximate surface area is 193 Å². The van der Waals surface area contributed by atoms with E-state index in [1.807, 2.05) is 19.1 Å². The number of sulfonamides is 1. The minimum absolute atomic E-state index is 0.150. The number of carbonyl (C=O) groups excluding carboxylic acids is 3. The topological polar surface area (TPSA) is 98.3 Å². The molecular weight excluding hydrogens is 444 g/mol. The number of hydrogen-bond acceptors (Lipinski definition) is 5. The lowest BCUT2D eigenvalue weighted by Crippen LogP contribution is -2.53. The quantitative estimate of drug-likeness (QED) is 0.620. The normalized spacial score (nSPS) is 19.9. The van der Waals surface area contributed by atoms with Gasteiger partial charge in [-0.15, -0.1) is 0 Å². The van der Waals surface area contributed by atoms with E-state index in [-0.39, 0.29) is 43.5 Å². The van der Waals surface area contributed by atoms with Crippen molar-refractivity contribution in [2.45, 2.75) is 24.8 Å². The Morgan fingerprint density at radius 2 is 1.55 bits per heavy atom. The molecular formula is C23H26N4O5S. The standard InChI is InChI=1S/C23H26N4O5S/c1-17-8-10-19(11-9-17)27-18(2)22(29)26(23(27)30)16-21(28)24-12-14-25(15-13-24)33(31,32)20-6-4-3-5-7-20/h3-11,18H,12-16H2,1-2H3. The average molecular weight is 471 g/mol. The average Bonchev–Trinajstić information content (AvgIpc) is 3.03. The number of nitrogens with zero attached hydrogens (tertiary/aromatic N) is 4. The molecule has 2 fully saturated rings. The molecule has 10 heteroatoms. The fraction of sp³-hybridized carbons (Fsp3) is 0.348. The van der Waals surface area contributed by atoms with Crippen LogP contribution in [0.25, 0.3) is 0 Å². The third-order valence-corrected chi connectivity index (χ3v) is 7.94. The van der Waals surface area contributed by atoms with Crippen LogP contribution in [0.5, 0.6) is 0 Å². The third kappa shape index (κ3) is 4.36. The number of piperazine rings is 1. The summed E-state index contributed by atoms with van der Waals surface area (Å²) in [4.78, 5) is 42.6. The third-order valence-electron chi connectivity index (χ3n) is 6.03. The highest BCUT2D eigenvalue weighted by Gasteiger charge is 2.44. The van der Waals surface area contributed by atoms with Crippen molar-refractivity contribution in [2.75, 3.05) is 37.6 Å². The highest BCUT2D eigenvalue weighted by atomic mass is 32.2. The molecule has 0 N–H and O–H groups in total. The van der Waals surface area contributed by atoms with Gasteiger partial charge in [-0.1, -0.05) is 35.9 Å². The number of aryl methyl sites for hydroxylation is 1. The molecule has 0 saturated carbocycles. The first kappa shape index (κ1) is 22.9. The van der Waals surface area contributed by atoms with Crippen LogP contribution in [-0.2, 0) is 19.6 Å². The number of rotatable bonds is 5. The van der Waals surface area contributed by atoms with E-state index >= 15 is 0 Å². The molecule has 2 aliphatic rings. The Morgan fingerprint density at radius 3 is 2.15 bits per heavy atom. The molecule has 4 amide bonds. The van der Waals surface area contributed by atoms with Crippen molar-refractivity contribution in [3.63, 3.8) is 0 Å². The van der Waals surface area contributed by atoms with Crippen molar-refractivity contribution in [3.8, 4) is 0 Å².